The first-order valence-corrected chi connectivity index (χ1v) is 14.3. The molecule has 4 aromatic rings. The minimum absolute atomic E-state index is 0.143. The molecule has 0 N–H and O–H groups in total. The van der Waals surface area contributed by atoms with Gasteiger partial charge in [0.15, 0.2) is 6.79 Å². The molecule has 214 valence electrons. The van der Waals surface area contributed by atoms with E-state index < -0.39 is 0 Å². The molecule has 3 fully saturated rings. The van der Waals surface area contributed by atoms with Crippen molar-refractivity contribution in [2.24, 2.45) is 0 Å². The fourth-order valence-electron chi connectivity index (χ4n) is 4.92. The van der Waals surface area contributed by atoms with Gasteiger partial charge in [0.25, 0.3) is 0 Å². The van der Waals surface area contributed by atoms with Crippen LogP contribution in [0.1, 0.15) is 18.1 Å². The molecule has 0 aromatic heterocycles. The number of ether oxygens (including phenoxy) is 8. The lowest BCUT2D eigenvalue weighted by molar-refractivity contribution is 0.0220. The Balaban J connectivity index is 1.30. The van der Waals surface area contributed by atoms with Crippen LogP contribution in [0.3, 0.4) is 0 Å². The van der Waals surface area contributed by atoms with Gasteiger partial charge < -0.3 is 37.9 Å². The first-order valence-electron chi connectivity index (χ1n) is 14.3. The molecule has 3 aliphatic heterocycles. The van der Waals surface area contributed by atoms with Gasteiger partial charge in [-0.3, -0.25) is 0 Å². The largest absolute Gasteiger partial charge is 0.491 e. The van der Waals surface area contributed by atoms with Crippen LogP contribution in [0, 0.1) is 0 Å². The van der Waals surface area contributed by atoms with Gasteiger partial charge in [0.1, 0.15) is 61.1 Å². The zero-order valence-electron chi connectivity index (χ0n) is 23.1. The van der Waals surface area contributed by atoms with Gasteiger partial charge >= 0.3 is 0 Å². The number of fused-ring (bicyclic) bond motifs is 2. The summed E-state index contributed by atoms with van der Waals surface area (Å²) in [5.74, 6) is 3.19. The molecule has 8 heteroatoms. The standard InChI is InChI=1S/C33H34O8/c1-2-34-20-41-33-10-6-22-4-8-24(36-15-26-17-38-26)12-29(22)31(33)13-30-28-11-23(35-14-25-16-37-25)7-3-21(28)5-9-32(30)40-19-27-18-39-27/h3-12,25-27H,2,13-20H2,1H3. The molecule has 4 aromatic carbocycles. The van der Waals surface area contributed by atoms with Crippen LogP contribution in [0.4, 0.5) is 0 Å². The number of hydrogen-bond acceptors (Lipinski definition) is 8. The van der Waals surface area contributed by atoms with Crippen LogP contribution in [0.25, 0.3) is 21.5 Å². The molecule has 3 atom stereocenters. The minimum Gasteiger partial charge on any atom is -0.491 e. The molecule has 0 saturated carbocycles. The smallest absolute Gasteiger partial charge is 0.189 e. The van der Waals surface area contributed by atoms with E-state index >= 15 is 0 Å². The number of epoxide rings is 3. The Morgan fingerprint density at radius 2 is 1.07 bits per heavy atom. The van der Waals surface area contributed by atoms with Crippen LogP contribution in [0.2, 0.25) is 0 Å². The Kier molecular flexibility index (Phi) is 7.54. The minimum atomic E-state index is 0.143. The van der Waals surface area contributed by atoms with E-state index in [1.54, 1.807) is 0 Å². The van der Waals surface area contributed by atoms with Gasteiger partial charge in [0, 0.05) is 24.2 Å². The normalized spacial score (nSPS) is 20.7. The first kappa shape index (κ1) is 26.3. The van der Waals surface area contributed by atoms with E-state index in [2.05, 4.69) is 42.5 Å². The highest BCUT2D eigenvalue weighted by Gasteiger charge is 2.26. The molecular weight excluding hydrogens is 524 g/mol. The molecule has 3 saturated heterocycles. The highest BCUT2D eigenvalue weighted by atomic mass is 16.7. The van der Waals surface area contributed by atoms with Crippen LogP contribution in [-0.2, 0) is 25.4 Å². The van der Waals surface area contributed by atoms with Gasteiger partial charge in [0.05, 0.1) is 19.8 Å². The maximum Gasteiger partial charge on any atom is 0.189 e. The zero-order chi connectivity index (χ0) is 27.6. The maximum atomic E-state index is 6.35. The molecule has 7 rings (SSSR count). The van der Waals surface area contributed by atoms with Crippen LogP contribution >= 0.6 is 0 Å². The van der Waals surface area contributed by atoms with Crippen LogP contribution < -0.4 is 18.9 Å². The average Bonchev–Trinajstić information content (AvgIpc) is 3.85. The SMILES string of the molecule is CCOCOc1ccc2ccc(OCC3CO3)cc2c1Cc1c(OCC2CO2)ccc2ccc(OCC3CO3)cc12. The number of benzene rings is 4. The predicted octanol–water partition coefficient (Wildman–Crippen LogP) is 5.29. The third kappa shape index (κ3) is 6.52. The molecule has 3 heterocycles. The highest BCUT2D eigenvalue weighted by molar-refractivity contribution is 5.93. The summed E-state index contributed by atoms with van der Waals surface area (Å²) >= 11 is 0. The molecule has 0 aliphatic carbocycles. The second-order valence-corrected chi connectivity index (χ2v) is 10.6. The maximum absolute atomic E-state index is 6.35. The first-order chi connectivity index (χ1) is 20.2. The summed E-state index contributed by atoms with van der Waals surface area (Å²) in [4.78, 5) is 0. The molecule has 0 bridgehead atoms. The van der Waals surface area contributed by atoms with Crippen molar-refractivity contribution in [1.82, 2.24) is 0 Å². The molecule has 41 heavy (non-hydrogen) atoms. The van der Waals surface area contributed by atoms with E-state index in [0.717, 1.165) is 75.5 Å². The van der Waals surface area contributed by atoms with Crippen molar-refractivity contribution in [3.63, 3.8) is 0 Å². The van der Waals surface area contributed by atoms with E-state index in [-0.39, 0.29) is 25.1 Å². The second kappa shape index (κ2) is 11.7. The number of hydrogen-bond donors (Lipinski definition) is 0. The van der Waals surface area contributed by atoms with E-state index in [4.69, 9.17) is 37.9 Å². The monoisotopic (exact) mass is 558 g/mol. The summed E-state index contributed by atoms with van der Waals surface area (Å²) in [6.07, 6.45) is 1.08. The lowest BCUT2D eigenvalue weighted by Crippen LogP contribution is -2.08. The van der Waals surface area contributed by atoms with Gasteiger partial charge in [-0.1, -0.05) is 24.3 Å². The lowest BCUT2D eigenvalue weighted by Gasteiger charge is -2.19. The molecule has 0 spiro atoms. The molecule has 0 amide bonds. The Bertz CT molecular complexity index is 1520. The van der Waals surface area contributed by atoms with Crippen molar-refractivity contribution in [3.8, 4) is 23.0 Å². The van der Waals surface area contributed by atoms with E-state index in [1.807, 2.05) is 25.1 Å². The summed E-state index contributed by atoms with van der Waals surface area (Å²) in [5.41, 5.74) is 2.09. The quantitative estimate of drug-likeness (QED) is 0.111. The molecule has 8 nitrogen and oxygen atoms in total. The summed E-state index contributed by atoms with van der Waals surface area (Å²) in [6, 6.07) is 20.6. The van der Waals surface area contributed by atoms with Gasteiger partial charge in [-0.2, -0.15) is 0 Å². The van der Waals surface area contributed by atoms with Crippen LogP contribution in [-0.4, -0.2) is 71.4 Å². The Morgan fingerprint density at radius 1 is 0.610 bits per heavy atom. The molecule has 3 unspecified atom stereocenters. The van der Waals surface area contributed by atoms with Crippen molar-refractivity contribution in [1.29, 1.82) is 0 Å². The van der Waals surface area contributed by atoms with Gasteiger partial charge in [0.2, 0.25) is 0 Å². The predicted molar refractivity (Wildman–Crippen MR) is 154 cm³/mol. The Hall–Kier alpha value is -3.56. The fraction of sp³-hybridized carbons (Fsp3) is 0.394. The van der Waals surface area contributed by atoms with E-state index in [0.29, 0.717) is 32.8 Å². The number of rotatable bonds is 15. The van der Waals surface area contributed by atoms with Gasteiger partial charge in [-0.05, 0) is 64.9 Å². The van der Waals surface area contributed by atoms with Crippen molar-refractivity contribution >= 4 is 21.5 Å². The third-order valence-corrected chi connectivity index (χ3v) is 7.48. The van der Waals surface area contributed by atoms with E-state index in [1.165, 1.54) is 0 Å². The Labute approximate surface area is 238 Å². The Morgan fingerprint density at radius 3 is 1.56 bits per heavy atom. The summed E-state index contributed by atoms with van der Waals surface area (Å²) in [7, 11) is 0. The van der Waals surface area contributed by atoms with Crippen molar-refractivity contribution in [3.05, 3.63) is 71.8 Å². The van der Waals surface area contributed by atoms with Crippen LogP contribution in [0.5, 0.6) is 23.0 Å². The summed E-state index contributed by atoms with van der Waals surface area (Å²) in [5, 5.41) is 4.33. The van der Waals surface area contributed by atoms with Crippen molar-refractivity contribution in [2.45, 2.75) is 31.7 Å². The van der Waals surface area contributed by atoms with Crippen molar-refractivity contribution < 1.29 is 37.9 Å². The van der Waals surface area contributed by atoms with Crippen molar-refractivity contribution in [2.75, 3.05) is 53.0 Å². The average molecular weight is 559 g/mol. The summed E-state index contributed by atoms with van der Waals surface area (Å²) in [6.45, 7) is 6.54. The second-order valence-electron chi connectivity index (χ2n) is 10.6. The third-order valence-electron chi connectivity index (χ3n) is 7.48. The fourth-order valence-corrected chi connectivity index (χ4v) is 4.92. The van der Waals surface area contributed by atoms with Gasteiger partial charge in [-0.15, -0.1) is 0 Å². The summed E-state index contributed by atoms with van der Waals surface area (Å²) < 4.78 is 46.3. The lowest BCUT2D eigenvalue weighted by atomic mass is 9.93. The van der Waals surface area contributed by atoms with Gasteiger partial charge in [-0.25, -0.2) is 0 Å². The molecule has 3 aliphatic rings. The topological polar surface area (TPSA) is 83.7 Å². The zero-order valence-corrected chi connectivity index (χ0v) is 23.1. The highest BCUT2D eigenvalue weighted by Crippen LogP contribution is 2.39. The molecular formula is C33H34O8. The molecule has 0 radical (unpaired) electrons. The van der Waals surface area contributed by atoms with E-state index in [9.17, 15) is 0 Å². The van der Waals surface area contributed by atoms with Crippen LogP contribution in [0.15, 0.2) is 60.7 Å².